The lowest BCUT2D eigenvalue weighted by Gasteiger charge is -2.41. The van der Waals surface area contributed by atoms with Crippen molar-refractivity contribution in [3.63, 3.8) is 0 Å². The number of hydrogen-bond donors (Lipinski definition) is 1. The van der Waals surface area contributed by atoms with Gasteiger partial charge in [-0.2, -0.15) is 0 Å². The summed E-state index contributed by atoms with van der Waals surface area (Å²) in [6.07, 6.45) is 1.80. The lowest BCUT2D eigenvalue weighted by atomic mass is 9.95. The second-order valence-electron chi connectivity index (χ2n) is 6.56. The van der Waals surface area contributed by atoms with Crippen LogP contribution in [0.2, 0.25) is 0 Å². The van der Waals surface area contributed by atoms with Gasteiger partial charge in [0, 0.05) is 13.1 Å². The summed E-state index contributed by atoms with van der Waals surface area (Å²) in [5, 5.41) is 2.89. The zero-order valence-corrected chi connectivity index (χ0v) is 13.1. The van der Waals surface area contributed by atoms with Crippen molar-refractivity contribution in [2.24, 2.45) is 11.8 Å². The molecular weight excluding hydrogens is 254 g/mol. The molecule has 114 valence electrons. The van der Waals surface area contributed by atoms with E-state index in [9.17, 15) is 9.59 Å². The van der Waals surface area contributed by atoms with Gasteiger partial charge in [-0.3, -0.25) is 9.59 Å². The number of carbonyl (C=O) groups excluding carboxylic acids is 2. The highest BCUT2D eigenvalue weighted by Gasteiger charge is 2.41. The standard InChI is InChI=1S/C15H27N3O2/c1-5-12-14(19)16-13(10(2)3)15(20)18(12)9-11-6-7-17(4)8-11/h10-13H,5-9H2,1-4H3,(H,16,19). The number of amides is 2. The van der Waals surface area contributed by atoms with Gasteiger partial charge in [-0.05, 0) is 38.3 Å². The first kappa shape index (κ1) is 15.3. The van der Waals surface area contributed by atoms with Crippen LogP contribution in [0, 0.1) is 11.8 Å². The number of piperazine rings is 1. The Bertz CT molecular complexity index is 383. The van der Waals surface area contributed by atoms with Crippen molar-refractivity contribution in [2.75, 3.05) is 26.7 Å². The number of rotatable bonds is 4. The fourth-order valence-corrected chi connectivity index (χ4v) is 3.31. The van der Waals surface area contributed by atoms with Gasteiger partial charge in [0.1, 0.15) is 12.1 Å². The maximum absolute atomic E-state index is 12.6. The van der Waals surface area contributed by atoms with Crippen molar-refractivity contribution >= 4 is 11.8 Å². The first-order chi connectivity index (χ1) is 9.43. The van der Waals surface area contributed by atoms with Crippen LogP contribution in [-0.2, 0) is 9.59 Å². The largest absolute Gasteiger partial charge is 0.342 e. The Morgan fingerprint density at radius 2 is 2.05 bits per heavy atom. The van der Waals surface area contributed by atoms with E-state index in [4.69, 9.17) is 0 Å². The normalized spacial score (nSPS) is 32.0. The van der Waals surface area contributed by atoms with E-state index in [2.05, 4.69) is 17.3 Å². The molecule has 0 aliphatic carbocycles. The number of likely N-dealkylation sites (tertiary alicyclic amines) is 1. The molecule has 3 unspecified atom stereocenters. The Kier molecular flexibility index (Phi) is 4.68. The molecule has 2 saturated heterocycles. The third-order valence-corrected chi connectivity index (χ3v) is 4.52. The molecule has 5 heteroatoms. The van der Waals surface area contributed by atoms with E-state index in [1.807, 2.05) is 25.7 Å². The summed E-state index contributed by atoms with van der Waals surface area (Å²) in [7, 11) is 2.11. The van der Waals surface area contributed by atoms with Crippen LogP contribution in [0.3, 0.4) is 0 Å². The predicted molar refractivity (Wildman–Crippen MR) is 78.2 cm³/mol. The fourth-order valence-electron chi connectivity index (χ4n) is 3.31. The molecule has 5 nitrogen and oxygen atoms in total. The van der Waals surface area contributed by atoms with Gasteiger partial charge >= 0.3 is 0 Å². The zero-order chi connectivity index (χ0) is 14.9. The van der Waals surface area contributed by atoms with Gasteiger partial charge < -0.3 is 15.1 Å². The molecule has 0 radical (unpaired) electrons. The molecule has 1 N–H and O–H groups in total. The Labute approximate surface area is 121 Å². The van der Waals surface area contributed by atoms with Crippen molar-refractivity contribution in [1.82, 2.24) is 15.1 Å². The minimum atomic E-state index is -0.357. The van der Waals surface area contributed by atoms with E-state index in [0.717, 1.165) is 26.1 Å². The first-order valence-electron chi connectivity index (χ1n) is 7.73. The molecule has 0 saturated carbocycles. The molecule has 2 rings (SSSR count). The SMILES string of the molecule is CCC1C(=O)NC(C(C)C)C(=O)N1CC1CCN(C)C1. The maximum Gasteiger partial charge on any atom is 0.246 e. The average Bonchev–Trinajstić information content (AvgIpc) is 2.79. The molecule has 3 atom stereocenters. The van der Waals surface area contributed by atoms with Crippen LogP contribution < -0.4 is 5.32 Å². The summed E-state index contributed by atoms with van der Waals surface area (Å²) in [6, 6.07) is -0.646. The molecule has 2 aliphatic heterocycles. The van der Waals surface area contributed by atoms with Gasteiger partial charge in [-0.25, -0.2) is 0 Å². The fraction of sp³-hybridized carbons (Fsp3) is 0.867. The number of nitrogens with zero attached hydrogens (tertiary/aromatic N) is 2. The molecular formula is C15H27N3O2. The minimum absolute atomic E-state index is 0.0113. The van der Waals surface area contributed by atoms with E-state index in [1.165, 1.54) is 0 Å². The molecule has 2 amide bonds. The van der Waals surface area contributed by atoms with Crippen LogP contribution in [0.4, 0.5) is 0 Å². The summed E-state index contributed by atoms with van der Waals surface area (Å²) in [4.78, 5) is 29.0. The minimum Gasteiger partial charge on any atom is -0.342 e. The lowest BCUT2D eigenvalue weighted by Crippen LogP contribution is -2.65. The van der Waals surface area contributed by atoms with Crippen LogP contribution in [0.15, 0.2) is 0 Å². The Balaban J connectivity index is 2.12. The summed E-state index contributed by atoms with van der Waals surface area (Å²) in [5.41, 5.74) is 0. The van der Waals surface area contributed by atoms with Crippen molar-refractivity contribution in [3.05, 3.63) is 0 Å². The van der Waals surface area contributed by atoms with E-state index in [-0.39, 0.29) is 29.8 Å². The van der Waals surface area contributed by atoms with E-state index in [1.54, 1.807) is 0 Å². The molecule has 2 aliphatic rings. The summed E-state index contributed by atoms with van der Waals surface area (Å²) >= 11 is 0. The van der Waals surface area contributed by atoms with Gasteiger partial charge in [0.05, 0.1) is 0 Å². The summed E-state index contributed by atoms with van der Waals surface area (Å²) in [5.74, 6) is 0.743. The Morgan fingerprint density at radius 1 is 1.35 bits per heavy atom. The molecule has 2 heterocycles. The molecule has 20 heavy (non-hydrogen) atoms. The third-order valence-electron chi connectivity index (χ3n) is 4.52. The quantitative estimate of drug-likeness (QED) is 0.825. The predicted octanol–water partition coefficient (Wildman–Crippen LogP) is 0.700. The second-order valence-corrected chi connectivity index (χ2v) is 6.56. The van der Waals surface area contributed by atoms with Crippen LogP contribution in [-0.4, -0.2) is 60.4 Å². The van der Waals surface area contributed by atoms with Crippen LogP contribution in [0.1, 0.15) is 33.6 Å². The highest BCUT2D eigenvalue weighted by atomic mass is 16.2. The highest BCUT2D eigenvalue weighted by Crippen LogP contribution is 2.22. The van der Waals surface area contributed by atoms with Gasteiger partial charge in [0.15, 0.2) is 0 Å². The third kappa shape index (κ3) is 2.97. The first-order valence-corrected chi connectivity index (χ1v) is 7.73. The molecule has 0 spiro atoms. The number of hydrogen-bond acceptors (Lipinski definition) is 3. The topological polar surface area (TPSA) is 52.7 Å². The maximum atomic E-state index is 12.6. The summed E-state index contributed by atoms with van der Waals surface area (Å²) < 4.78 is 0. The monoisotopic (exact) mass is 281 g/mol. The van der Waals surface area contributed by atoms with E-state index in [0.29, 0.717) is 12.3 Å². The molecule has 0 aromatic rings. The van der Waals surface area contributed by atoms with Crippen LogP contribution >= 0.6 is 0 Å². The molecule has 0 bridgehead atoms. The van der Waals surface area contributed by atoms with Gasteiger partial charge in [-0.15, -0.1) is 0 Å². The van der Waals surface area contributed by atoms with Gasteiger partial charge in [0.25, 0.3) is 0 Å². The van der Waals surface area contributed by atoms with Crippen molar-refractivity contribution in [3.8, 4) is 0 Å². The Morgan fingerprint density at radius 3 is 2.55 bits per heavy atom. The summed E-state index contributed by atoms with van der Waals surface area (Å²) in [6.45, 7) is 8.77. The van der Waals surface area contributed by atoms with Crippen LogP contribution in [0.25, 0.3) is 0 Å². The molecule has 2 fully saturated rings. The van der Waals surface area contributed by atoms with Crippen molar-refractivity contribution < 1.29 is 9.59 Å². The van der Waals surface area contributed by atoms with E-state index >= 15 is 0 Å². The van der Waals surface area contributed by atoms with E-state index < -0.39 is 0 Å². The van der Waals surface area contributed by atoms with Crippen molar-refractivity contribution in [2.45, 2.75) is 45.7 Å². The van der Waals surface area contributed by atoms with Crippen molar-refractivity contribution in [1.29, 1.82) is 0 Å². The highest BCUT2D eigenvalue weighted by molar-refractivity contribution is 5.97. The van der Waals surface area contributed by atoms with Gasteiger partial charge in [0.2, 0.25) is 11.8 Å². The van der Waals surface area contributed by atoms with Crippen LogP contribution in [0.5, 0.6) is 0 Å². The second kappa shape index (κ2) is 6.12. The molecule has 0 aromatic heterocycles. The average molecular weight is 281 g/mol. The number of carbonyl (C=O) groups is 2. The smallest absolute Gasteiger partial charge is 0.246 e. The van der Waals surface area contributed by atoms with Gasteiger partial charge in [-0.1, -0.05) is 20.8 Å². The Hall–Kier alpha value is -1.10. The zero-order valence-electron chi connectivity index (χ0n) is 13.1. The molecule has 0 aromatic carbocycles. The lowest BCUT2D eigenvalue weighted by molar-refractivity contribution is -0.151. The number of nitrogens with one attached hydrogen (secondary N) is 1.